The van der Waals surface area contributed by atoms with Crippen LogP contribution < -0.4 is 5.73 Å². The maximum absolute atomic E-state index is 10.8. The van der Waals surface area contributed by atoms with Gasteiger partial charge in [0.2, 0.25) is 0 Å². The summed E-state index contributed by atoms with van der Waals surface area (Å²) in [5, 5.41) is 8.87. The lowest BCUT2D eigenvalue weighted by Crippen LogP contribution is -2.55. The smallest absolute Gasteiger partial charge is 0.323 e. The first-order valence-electron chi connectivity index (χ1n) is 4.83. The molecule has 1 heterocycles. The van der Waals surface area contributed by atoms with Crippen LogP contribution in [0.15, 0.2) is 0 Å². The monoisotopic (exact) mass is 186 g/mol. The number of carboxylic acid groups (broad SMARTS) is 1. The van der Waals surface area contributed by atoms with Gasteiger partial charge in [-0.25, -0.2) is 0 Å². The number of nitrogens with zero attached hydrogens (tertiary/aromatic N) is 1. The van der Waals surface area contributed by atoms with E-state index in [4.69, 9.17) is 10.8 Å². The standard InChI is InChI=1S/C9H18N2O2/c1-2-5-11-6-3-9(10,4-7-11)8(12)13/h2-7,10H2,1H3,(H,12,13). The third kappa shape index (κ3) is 2.42. The fourth-order valence-corrected chi connectivity index (χ4v) is 1.71. The Morgan fingerprint density at radius 2 is 2.08 bits per heavy atom. The van der Waals surface area contributed by atoms with E-state index in [2.05, 4.69) is 11.8 Å². The number of nitrogens with two attached hydrogens (primary N) is 1. The molecule has 1 saturated heterocycles. The van der Waals surface area contributed by atoms with Gasteiger partial charge in [0, 0.05) is 13.1 Å². The molecule has 1 rings (SSSR count). The normalized spacial score (nSPS) is 22.9. The number of piperidine rings is 1. The number of hydrogen-bond acceptors (Lipinski definition) is 3. The van der Waals surface area contributed by atoms with E-state index >= 15 is 0 Å². The SMILES string of the molecule is CCCN1CCC(N)(C(=O)O)CC1. The Balaban J connectivity index is 2.42. The summed E-state index contributed by atoms with van der Waals surface area (Å²) in [5.41, 5.74) is 4.77. The van der Waals surface area contributed by atoms with Crippen LogP contribution in [0.1, 0.15) is 26.2 Å². The zero-order chi connectivity index (χ0) is 9.90. The summed E-state index contributed by atoms with van der Waals surface area (Å²) >= 11 is 0. The van der Waals surface area contributed by atoms with Crippen LogP contribution in [0.5, 0.6) is 0 Å². The zero-order valence-corrected chi connectivity index (χ0v) is 8.12. The van der Waals surface area contributed by atoms with Crippen molar-refractivity contribution in [3.8, 4) is 0 Å². The molecule has 0 aromatic heterocycles. The van der Waals surface area contributed by atoms with Crippen LogP contribution >= 0.6 is 0 Å². The van der Waals surface area contributed by atoms with E-state index in [9.17, 15) is 4.79 Å². The lowest BCUT2D eigenvalue weighted by atomic mass is 9.89. The van der Waals surface area contributed by atoms with E-state index in [0.29, 0.717) is 12.8 Å². The number of hydrogen-bond donors (Lipinski definition) is 2. The topological polar surface area (TPSA) is 66.6 Å². The maximum atomic E-state index is 10.8. The molecule has 0 bridgehead atoms. The van der Waals surface area contributed by atoms with Crippen molar-refractivity contribution in [2.24, 2.45) is 5.73 Å². The van der Waals surface area contributed by atoms with E-state index in [1.165, 1.54) is 0 Å². The lowest BCUT2D eigenvalue weighted by Gasteiger charge is -2.35. The Hall–Kier alpha value is -0.610. The van der Waals surface area contributed by atoms with Crippen LogP contribution in [-0.4, -0.2) is 41.1 Å². The third-order valence-electron chi connectivity index (χ3n) is 2.71. The van der Waals surface area contributed by atoms with Crippen molar-refractivity contribution in [3.63, 3.8) is 0 Å². The first-order chi connectivity index (χ1) is 6.08. The number of aliphatic carboxylic acids is 1. The van der Waals surface area contributed by atoms with Gasteiger partial charge in [-0.05, 0) is 25.8 Å². The van der Waals surface area contributed by atoms with Gasteiger partial charge in [-0.2, -0.15) is 0 Å². The van der Waals surface area contributed by atoms with Crippen LogP contribution in [0.4, 0.5) is 0 Å². The molecule has 0 radical (unpaired) electrons. The predicted octanol–water partition coefficient (Wildman–Crippen LogP) is 0.274. The highest BCUT2D eigenvalue weighted by molar-refractivity contribution is 5.78. The van der Waals surface area contributed by atoms with Crippen molar-refractivity contribution in [2.75, 3.05) is 19.6 Å². The quantitative estimate of drug-likeness (QED) is 0.664. The van der Waals surface area contributed by atoms with Gasteiger partial charge in [-0.3, -0.25) is 4.79 Å². The molecular formula is C9H18N2O2. The summed E-state index contributed by atoms with van der Waals surface area (Å²) in [6.45, 7) is 4.81. The molecule has 0 aromatic rings. The highest BCUT2D eigenvalue weighted by Crippen LogP contribution is 2.19. The summed E-state index contributed by atoms with van der Waals surface area (Å²) in [4.78, 5) is 13.1. The van der Waals surface area contributed by atoms with E-state index in [1.807, 2.05) is 0 Å². The second-order valence-corrected chi connectivity index (χ2v) is 3.80. The Bertz CT molecular complexity index is 186. The second kappa shape index (κ2) is 4.07. The highest BCUT2D eigenvalue weighted by atomic mass is 16.4. The molecule has 1 fully saturated rings. The molecule has 1 aliphatic heterocycles. The van der Waals surface area contributed by atoms with Gasteiger partial charge >= 0.3 is 5.97 Å². The summed E-state index contributed by atoms with van der Waals surface area (Å²) in [6, 6.07) is 0. The average Bonchev–Trinajstić information content (AvgIpc) is 2.09. The van der Waals surface area contributed by atoms with E-state index < -0.39 is 11.5 Å². The highest BCUT2D eigenvalue weighted by Gasteiger charge is 2.37. The Labute approximate surface area is 78.7 Å². The molecule has 4 nitrogen and oxygen atoms in total. The van der Waals surface area contributed by atoms with Gasteiger partial charge in [-0.15, -0.1) is 0 Å². The van der Waals surface area contributed by atoms with Gasteiger partial charge in [-0.1, -0.05) is 6.92 Å². The summed E-state index contributed by atoms with van der Waals surface area (Å²) in [7, 11) is 0. The first kappa shape index (κ1) is 10.5. The van der Waals surface area contributed by atoms with Gasteiger partial charge in [0.25, 0.3) is 0 Å². The minimum Gasteiger partial charge on any atom is -0.480 e. The molecule has 0 aromatic carbocycles. The van der Waals surface area contributed by atoms with E-state index in [0.717, 1.165) is 26.1 Å². The van der Waals surface area contributed by atoms with Crippen molar-refractivity contribution in [2.45, 2.75) is 31.7 Å². The minimum absolute atomic E-state index is 0.572. The molecule has 76 valence electrons. The molecule has 0 spiro atoms. The Morgan fingerprint density at radius 1 is 1.54 bits per heavy atom. The fraction of sp³-hybridized carbons (Fsp3) is 0.889. The first-order valence-corrected chi connectivity index (χ1v) is 4.83. The van der Waals surface area contributed by atoms with Crippen LogP contribution in [0.2, 0.25) is 0 Å². The lowest BCUT2D eigenvalue weighted by molar-refractivity contribution is -0.145. The minimum atomic E-state index is -0.968. The summed E-state index contributed by atoms with van der Waals surface area (Å²) in [6.07, 6.45) is 2.26. The van der Waals surface area contributed by atoms with Crippen molar-refractivity contribution in [1.82, 2.24) is 4.90 Å². The molecule has 1 aliphatic rings. The molecule has 0 amide bonds. The second-order valence-electron chi connectivity index (χ2n) is 3.80. The Morgan fingerprint density at radius 3 is 2.46 bits per heavy atom. The van der Waals surface area contributed by atoms with E-state index in [1.54, 1.807) is 0 Å². The van der Waals surface area contributed by atoms with Gasteiger partial charge in [0.15, 0.2) is 0 Å². The van der Waals surface area contributed by atoms with Crippen molar-refractivity contribution < 1.29 is 9.90 Å². The average molecular weight is 186 g/mol. The van der Waals surface area contributed by atoms with Crippen molar-refractivity contribution in [3.05, 3.63) is 0 Å². The largest absolute Gasteiger partial charge is 0.480 e. The van der Waals surface area contributed by atoms with Crippen LogP contribution in [0.25, 0.3) is 0 Å². The molecule has 4 heteroatoms. The maximum Gasteiger partial charge on any atom is 0.323 e. The molecule has 0 saturated carbocycles. The third-order valence-corrected chi connectivity index (χ3v) is 2.71. The number of carbonyl (C=O) groups is 1. The molecule has 0 unspecified atom stereocenters. The number of rotatable bonds is 3. The zero-order valence-electron chi connectivity index (χ0n) is 8.12. The van der Waals surface area contributed by atoms with Gasteiger partial charge < -0.3 is 15.7 Å². The van der Waals surface area contributed by atoms with Crippen molar-refractivity contribution in [1.29, 1.82) is 0 Å². The molecular weight excluding hydrogens is 168 g/mol. The molecule has 3 N–H and O–H groups in total. The molecule has 13 heavy (non-hydrogen) atoms. The number of likely N-dealkylation sites (tertiary alicyclic amines) is 1. The fourth-order valence-electron chi connectivity index (χ4n) is 1.71. The summed E-state index contributed by atoms with van der Waals surface area (Å²) < 4.78 is 0. The molecule has 0 aliphatic carbocycles. The van der Waals surface area contributed by atoms with Crippen LogP contribution in [-0.2, 0) is 4.79 Å². The predicted molar refractivity (Wildman–Crippen MR) is 50.5 cm³/mol. The van der Waals surface area contributed by atoms with Crippen LogP contribution in [0, 0.1) is 0 Å². The Kier molecular flexibility index (Phi) is 3.27. The van der Waals surface area contributed by atoms with Gasteiger partial charge in [0.1, 0.15) is 5.54 Å². The number of carboxylic acids is 1. The van der Waals surface area contributed by atoms with Gasteiger partial charge in [0.05, 0.1) is 0 Å². The van der Waals surface area contributed by atoms with E-state index in [-0.39, 0.29) is 0 Å². The van der Waals surface area contributed by atoms with Crippen molar-refractivity contribution >= 4 is 5.97 Å². The summed E-state index contributed by atoms with van der Waals surface area (Å²) in [5.74, 6) is -0.858. The molecule has 0 atom stereocenters. The van der Waals surface area contributed by atoms with Crippen LogP contribution in [0.3, 0.4) is 0 Å².